The van der Waals surface area contributed by atoms with Gasteiger partial charge in [-0.25, -0.2) is 0 Å². The predicted molar refractivity (Wildman–Crippen MR) is 138 cm³/mol. The molecule has 9 heteroatoms. The van der Waals surface area contributed by atoms with E-state index in [1.165, 1.54) is 30.2 Å². The molecule has 184 valence electrons. The van der Waals surface area contributed by atoms with Gasteiger partial charge in [-0.1, -0.05) is 60.7 Å². The lowest BCUT2D eigenvalue weighted by atomic mass is 10.1. The molecular formula is C27H24N2O6S. The van der Waals surface area contributed by atoms with Crippen LogP contribution in [0.15, 0.2) is 77.7 Å². The van der Waals surface area contributed by atoms with Crippen molar-refractivity contribution in [3.8, 4) is 11.5 Å². The third kappa shape index (κ3) is 5.92. The van der Waals surface area contributed by atoms with Crippen molar-refractivity contribution in [3.05, 3.63) is 105 Å². The van der Waals surface area contributed by atoms with Crippen LogP contribution in [0.1, 0.15) is 23.1 Å². The molecule has 0 saturated carbocycles. The van der Waals surface area contributed by atoms with E-state index in [0.29, 0.717) is 6.42 Å². The van der Waals surface area contributed by atoms with Gasteiger partial charge < -0.3 is 9.47 Å². The molecule has 0 spiro atoms. The van der Waals surface area contributed by atoms with Crippen molar-refractivity contribution in [1.29, 1.82) is 0 Å². The van der Waals surface area contributed by atoms with Gasteiger partial charge in [0.15, 0.2) is 11.5 Å². The largest absolute Gasteiger partial charge is 0.493 e. The van der Waals surface area contributed by atoms with Gasteiger partial charge in [0.25, 0.3) is 16.8 Å². The second-order valence-corrected chi connectivity index (χ2v) is 9.01. The molecule has 1 fully saturated rings. The Labute approximate surface area is 212 Å². The SMILES string of the molecule is COc1cc(/C=C2/SC(=O)N(CCCc3ccccc3)C2=O)c([N+](=O)[O-])cc1OCc1ccccc1. The van der Waals surface area contributed by atoms with Crippen LogP contribution in [0.25, 0.3) is 6.08 Å². The summed E-state index contributed by atoms with van der Waals surface area (Å²) in [4.78, 5) is 38.0. The molecule has 0 unspecified atom stereocenters. The topological polar surface area (TPSA) is 99.0 Å². The number of benzene rings is 3. The summed E-state index contributed by atoms with van der Waals surface area (Å²) in [6.07, 6.45) is 2.72. The molecule has 1 aliphatic rings. The number of hydrogen-bond donors (Lipinski definition) is 0. The summed E-state index contributed by atoms with van der Waals surface area (Å²) in [5, 5.41) is 11.4. The fraction of sp³-hybridized carbons (Fsp3) is 0.185. The minimum Gasteiger partial charge on any atom is -0.493 e. The Morgan fingerprint density at radius 2 is 1.64 bits per heavy atom. The number of ether oxygens (including phenoxy) is 2. The first-order valence-electron chi connectivity index (χ1n) is 11.3. The van der Waals surface area contributed by atoms with Gasteiger partial charge in [-0.15, -0.1) is 0 Å². The van der Waals surface area contributed by atoms with Gasteiger partial charge in [-0.2, -0.15) is 0 Å². The first-order valence-corrected chi connectivity index (χ1v) is 12.1. The maximum Gasteiger partial charge on any atom is 0.293 e. The van der Waals surface area contributed by atoms with Crippen molar-refractivity contribution in [3.63, 3.8) is 0 Å². The van der Waals surface area contributed by atoms with E-state index in [0.717, 1.165) is 29.3 Å². The van der Waals surface area contributed by atoms with Gasteiger partial charge in [0.05, 0.1) is 28.6 Å². The first kappa shape index (κ1) is 25.0. The Morgan fingerprint density at radius 3 is 2.28 bits per heavy atom. The number of nitro groups is 1. The summed E-state index contributed by atoms with van der Waals surface area (Å²) >= 11 is 0.772. The van der Waals surface area contributed by atoms with E-state index in [1.807, 2.05) is 60.7 Å². The Hall–Kier alpha value is -4.11. The van der Waals surface area contributed by atoms with Crippen LogP contribution in [0.3, 0.4) is 0 Å². The van der Waals surface area contributed by atoms with Crippen LogP contribution >= 0.6 is 11.8 Å². The Kier molecular flexibility index (Phi) is 8.02. The van der Waals surface area contributed by atoms with Gasteiger partial charge in [-0.3, -0.25) is 24.6 Å². The third-order valence-corrected chi connectivity index (χ3v) is 6.50. The van der Waals surface area contributed by atoms with E-state index in [1.54, 1.807) is 0 Å². The van der Waals surface area contributed by atoms with Crippen LogP contribution in [0.4, 0.5) is 10.5 Å². The van der Waals surface area contributed by atoms with Gasteiger partial charge in [0.1, 0.15) is 6.61 Å². The van der Waals surface area contributed by atoms with Crippen LogP contribution in [-0.2, 0) is 17.8 Å². The minimum atomic E-state index is -0.551. The van der Waals surface area contributed by atoms with Crippen molar-refractivity contribution in [2.45, 2.75) is 19.4 Å². The Morgan fingerprint density at radius 1 is 0.972 bits per heavy atom. The highest BCUT2D eigenvalue weighted by Gasteiger charge is 2.35. The molecule has 0 aliphatic carbocycles. The number of nitrogens with zero attached hydrogens (tertiary/aromatic N) is 2. The molecule has 3 aromatic rings. The predicted octanol–water partition coefficient (Wildman–Crippen LogP) is 5.85. The number of rotatable bonds is 10. The highest BCUT2D eigenvalue weighted by Crippen LogP contribution is 2.39. The first-order chi connectivity index (χ1) is 17.5. The monoisotopic (exact) mass is 504 g/mol. The fourth-order valence-electron chi connectivity index (χ4n) is 3.77. The van der Waals surface area contributed by atoms with Gasteiger partial charge in [-0.05, 0) is 47.9 Å². The standard InChI is InChI=1S/C27H24N2O6S/c1-34-23-15-21(22(29(32)33)17-24(23)35-18-20-11-6-3-7-12-20)16-25-26(30)28(27(31)36-25)14-8-13-19-9-4-2-5-10-19/h2-7,9-12,15-17H,8,13-14,18H2,1H3/b25-16+. The molecule has 0 radical (unpaired) electrons. The van der Waals surface area contributed by atoms with Crippen LogP contribution in [-0.4, -0.2) is 34.6 Å². The van der Waals surface area contributed by atoms with Crippen molar-refractivity contribution in [2.75, 3.05) is 13.7 Å². The van der Waals surface area contributed by atoms with E-state index in [4.69, 9.17) is 9.47 Å². The lowest BCUT2D eigenvalue weighted by molar-refractivity contribution is -0.385. The summed E-state index contributed by atoms with van der Waals surface area (Å²) in [5.41, 5.74) is 1.91. The second kappa shape index (κ2) is 11.5. The Balaban J connectivity index is 1.52. The zero-order valence-electron chi connectivity index (χ0n) is 19.6. The molecule has 2 amide bonds. The van der Waals surface area contributed by atoms with Crippen LogP contribution in [0, 0.1) is 10.1 Å². The number of aryl methyl sites for hydroxylation is 1. The lowest BCUT2D eigenvalue weighted by Crippen LogP contribution is -2.29. The molecule has 0 bridgehead atoms. The summed E-state index contributed by atoms with van der Waals surface area (Å²) in [5.74, 6) is 0.0276. The van der Waals surface area contributed by atoms with E-state index < -0.39 is 16.1 Å². The van der Waals surface area contributed by atoms with Crippen LogP contribution < -0.4 is 9.47 Å². The maximum absolute atomic E-state index is 12.9. The highest BCUT2D eigenvalue weighted by molar-refractivity contribution is 8.18. The summed E-state index contributed by atoms with van der Waals surface area (Å²) in [7, 11) is 1.43. The highest BCUT2D eigenvalue weighted by atomic mass is 32.2. The van der Waals surface area contributed by atoms with E-state index in [9.17, 15) is 19.7 Å². The molecule has 4 rings (SSSR count). The van der Waals surface area contributed by atoms with Crippen molar-refractivity contribution in [2.24, 2.45) is 0 Å². The van der Waals surface area contributed by atoms with Gasteiger partial charge >= 0.3 is 0 Å². The lowest BCUT2D eigenvalue weighted by Gasteiger charge is -2.13. The summed E-state index contributed by atoms with van der Waals surface area (Å²) < 4.78 is 11.2. The van der Waals surface area contributed by atoms with Gasteiger partial charge in [0, 0.05) is 6.54 Å². The van der Waals surface area contributed by atoms with E-state index in [-0.39, 0.29) is 40.8 Å². The molecular weight excluding hydrogens is 480 g/mol. The number of carbonyl (C=O) groups excluding carboxylic acids is 2. The van der Waals surface area contributed by atoms with Crippen molar-refractivity contribution in [1.82, 2.24) is 4.90 Å². The number of thioether (sulfide) groups is 1. The number of imide groups is 1. The molecule has 8 nitrogen and oxygen atoms in total. The molecule has 0 N–H and O–H groups in total. The second-order valence-electron chi connectivity index (χ2n) is 8.02. The number of nitro benzene ring substituents is 1. The molecule has 1 aliphatic heterocycles. The molecule has 3 aromatic carbocycles. The smallest absolute Gasteiger partial charge is 0.293 e. The number of hydrogen-bond acceptors (Lipinski definition) is 7. The molecule has 0 atom stereocenters. The van der Waals surface area contributed by atoms with Gasteiger partial charge in [0.2, 0.25) is 0 Å². The summed E-state index contributed by atoms with van der Waals surface area (Å²) in [6, 6.07) is 21.9. The zero-order chi connectivity index (χ0) is 25.5. The normalized spacial score (nSPS) is 14.4. The average molecular weight is 505 g/mol. The Bertz CT molecular complexity index is 1290. The van der Waals surface area contributed by atoms with Crippen LogP contribution in [0.2, 0.25) is 0 Å². The van der Waals surface area contributed by atoms with Crippen molar-refractivity contribution >= 4 is 34.7 Å². The minimum absolute atomic E-state index is 0.128. The number of carbonyl (C=O) groups is 2. The number of amides is 2. The van der Waals surface area contributed by atoms with E-state index in [2.05, 4.69) is 0 Å². The maximum atomic E-state index is 12.9. The molecule has 1 heterocycles. The molecule has 36 heavy (non-hydrogen) atoms. The number of methoxy groups -OCH3 is 1. The fourth-order valence-corrected chi connectivity index (χ4v) is 4.62. The average Bonchev–Trinajstić information content (AvgIpc) is 3.16. The molecule has 0 aromatic heterocycles. The third-order valence-electron chi connectivity index (χ3n) is 5.60. The van der Waals surface area contributed by atoms with E-state index >= 15 is 0 Å². The van der Waals surface area contributed by atoms with Crippen LogP contribution in [0.5, 0.6) is 11.5 Å². The summed E-state index contributed by atoms with van der Waals surface area (Å²) in [6.45, 7) is 0.476. The quantitative estimate of drug-likeness (QED) is 0.194. The zero-order valence-corrected chi connectivity index (χ0v) is 20.4. The van der Waals surface area contributed by atoms with Crippen molar-refractivity contribution < 1.29 is 24.0 Å². The molecule has 1 saturated heterocycles.